The fourth-order valence-corrected chi connectivity index (χ4v) is 3.18. The van der Waals surface area contributed by atoms with Crippen molar-refractivity contribution < 1.29 is 24.1 Å². The second kappa shape index (κ2) is 10.9. The number of hydrogen-bond acceptors (Lipinski definition) is 9. The number of rotatable bonds is 11. The molecule has 6 N–H and O–H groups in total. The molecule has 1 aromatic heterocycles. The smallest absolute Gasteiger partial charge is 0.335 e. The van der Waals surface area contributed by atoms with Gasteiger partial charge in [-0.1, -0.05) is 0 Å². The van der Waals surface area contributed by atoms with E-state index in [-0.39, 0.29) is 11.5 Å². The van der Waals surface area contributed by atoms with E-state index in [1.54, 1.807) is 44.7 Å². The summed E-state index contributed by atoms with van der Waals surface area (Å²) in [6, 6.07) is 10.3. The molecule has 10 heteroatoms. The van der Waals surface area contributed by atoms with E-state index >= 15 is 0 Å². The van der Waals surface area contributed by atoms with Crippen LogP contribution in [-0.2, 0) is 6.42 Å². The number of methoxy groups -OCH3 is 2. The van der Waals surface area contributed by atoms with Crippen molar-refractivity contribution in [3.8, 4) is 17.2 Å². The Hall–Kier alpha value is -4.21. The highest BCUT2D eigenvalue weighted by Gasteiger charge is 2.15. The first-order valence-corrected chi connectivity index (χ1v) is 10.2. The molecule has 0 unspecified atom stereocenters. The molecule has 0 fully saturated rings. The van der Waals surface area contributed by atoms with Gasteiger partial charge in [0.25, 0.3) is 0 Å². The number of ether oxygens (including phenoxy) is 3. The highest BCUT2D eigenvalue weighted by molar-refractivity contribution is 5.88. The number of nitrogens with one attached hydrogen (secondary N) is 1. The molecule has 33 heavy (non-hydrogen) atoms. The van der Waals surface area contributed by atoms with Gasteiger partial charge >= 0.3 is 5.97 Å². The maximum Gasteiger partial charge on any atom is 0.335 e. The Bertz CT molecular complexity index is 1080. The lowest BCUT2D eigenvalue weighted by atomic mass is 10.1. The van der Waals surface area contributed by atoms with Crippen LogP contribution < -0.4 is 31.0 Å². The van der Waals surface area contributed by atoms with Crippen LogP contribution in [0.25, 0.3) is 0 Å². The Morgan fingerprint density at radius 1 is 1.09 bits per heavy atom. The molecule has 10 nitrogen and oxygen atoms in total. The zero-order valence-electron chi connectivity index (χ0n) is 18.5. The van der Waals surface area contributed by atoms with Crippen molar-refractivity contribution in [1.82, 2.24) is 9.97 Å². The van der Waals surface area contributed by atoms with Gasteiger partial charge < -0.3 is 36.1 Å². The van der Waals surface area contributed by atoms with Gasteiger partial charge in [-0.25, -0.2) is 9.78 Å². The molecule has 0 saturated carbocycles. The average Bonchev–Trinajstić information content (AvgIpc) is 2.81. The number of aromatic carboxylic acids is 1. The van der Waals surface area contributed by atoms with Crippen LogP contribution in [0, 0.1) is 0 Å². The number of carboxylic acid groups (broad SMARTS) is 1. The molecule has 0 aliphatic heterocycles. The molecular formula is C23H27N5O5. The normalized spacial score (nSPS) is 10.5. The number of benzene rings is 2. The van der Waals surface area contributed by atoms with Crippen molar-refractivity contribution in [3.63, 3.8) is 0 Å². The molecule has 0 aliphatic rings. The highest BCUT2D eigenvalue weighted by atomic mass is 16.5. The summed E-state index contributed by atoms with van der Waals surface area (Å²) >= 11 is 0. The summed E-state index contributed by atoms with van der Waals surface area (Å²) in [6.07, 6.45) is 2.78. The third kappa shape index (κ3) is 6.16. The van der Waals surface area contributed by atoms with Crippen LogP contribution in [0.15, 0.2) is 42.6 Å². The summed E-state index contributed by atoms with van der Waals surface area (Å²) in [5.74, 6) is 1.09. The van der Waals surface area contributed by atoms with E-state index in [1.165, 1.54) is 0 Å². The second-order valence-electron chi connectivity index (χ2n) is 7.16. The topological polar surface area (TPSA) is 155 Å². The van der Waals surface area contributed by atoms with Crippen LogP contribution in [-0.4, -0.2) is 48.4 Å². The average molecular weight is 453 g/mol. The standard InChI is InChI=1S/C23H27N5O5/c1-31-18-11-14(10-16-13-27-23(25)28-21(16)24)12-19(32-2)20(18)33-9-3-8-26-17-6-4-15(5-7-17)22(29)30/h4-7,11-13,26H,3,8-10H2,1-2H3,(H,29,30)(H4,24,25,27,28). The molecule has 0 radical (unpaired) electrons. The first-order chi connectivity index (χ1) is 15.9. The molecular weight excluding hydrogens is 426 g/mol. The summed E-state index contributed by atoms with van der Waals surface area (Å²) in [5.41, 5.74) is 14.2. The predicted octanol–water partition coefficient (Wildman–Crippen LogP) is 2.83. The molecule has 0 saturated heterocycles. The van der Waals surface area contributed by atoms with Crippen LogP contribution >= 0.6 is 0 Å². The quantitative estimate of drug-likeness (QED) is 0.318. The molecule has 3 aromatic rings. The van der Waals surface area contributed by atoms with Gasteiger partial charge in [0.05, 0.1) is 26.4 Å². The number of carboxylic acids is 1. The summed E-state index contributed by atoms with van der Waals surface area (Å²) in [4.78, 5) is 18.9. The van der Waals surface area contributed by atoms with E-state index in [9.17, 15) is 4.79 Å². The Balaban J connectivity index is 1.60. The molecule has 2 aromatic carbocycles. The van der Waals surface area contributed by atoms with Crippen LogP contribution in [0.1, 0.15) is 27.9 Å². The molecule has 0 atom stereocenters. The van der Waals surface area contributed by atoms with Crippen LogP contribution in [0.3, 0.4) is 0 Å². The van der Waals surface area contributed by atoms with Crippen molar-refractivity contribution in [3.05, 3.63) is 59.3 Å². The van der Waals surface area contributed by atoms with Gasteiger partial charge in [0, 0.05) is 30.4 Å². The fourth-order valence-electron chi connectivity index (χ4n) is 3.18. The molecule has 0 spiro atoms. The van der Waals surface area contributed by atoms with Crippen LogP contribution in [0.2, 0.25) is 0 Å². The van der Waals surface area contributed by atoms with Crippen molar-refractivity contribution in [2.75, 3.05) is 44.2 Å². The molecule has 1 heterocycles. The number of nitrogens with zero attached hydrogens (tertiary/aromatic N) is 2. The van der Waals surface area contributed by atoms with E-state index in [4.69, 9.17) is 30.8 Å². The van der Waals surface area contributed by atoms with E-state index in [2.05, 4.69) is 15.3 Å². The number of aromatic nitrogens is 2. The zero-order chi connectivity index (χ0) is 23.8. The largest absolute Gasteiger partial charge is 0.493 e. The lowest BCUT2D eigenvalue weighted by molar-refractivity contribution is 0.0697. The number of nitrogens with two attached hydrogens (primary N) is 2. The van der Waals surface area contributed by atoms with Gasteiger partial charge in [0.15, 0.2) is 11.5 Å². The number of carbonyl (C=O) groups is 1. The van der Waals surface area contributed by atoms with Gasteiger partial charge in [-0.15, -0.1) is 0 Å². The molecule has 0 aliphatic carbocycles. The summed E-state index contributed by atoms with van der Waals surface area (Å²) in [6.45, 7) is 1.07. The number of nitrogen functional groups attached to an aromatic ring is 2. The number of anilines is 3. The first-order valence-electron chi connectivity index (χ1n) is 10.2. The minimum absolute atomic E-state index is 0.127. The Labute approximate surface area is 191 Å². The van der Waals surface area contributed by atoms with Crippen molar-refractivity contribution in [1.29, 1.82) is 0 Å². The zero-order valence-corrected chi connectivity index (χ0v) is 18.5. The van der Waals surface area contributed by atoms with E-state index in [0.717, 1.165) is 16.8 Å². The maximum absolute atomic E-state index is 10.9. The lowest BCUT2D eigenvalue weighted by Gasteiger charge is -2.16. The minimum Gasteiger partial charge on any atom is -0.493 e. The Morgan fingerprint density at radius 3 is 2.33 bits per heavy atom. The molecule has 0 amide bonds. The van der Waals surface area contributed by atoms with Crippen LogP contribution in [0.5, 0.6) is 17.2 Å². The monoisotopic (exact) mass is 453 g/mol. The van der Waals surface area contributed by atoms with Crippen LogP contribution in [0.4, 0.5) is 17.5 Å². The van der Waals surface area contributed by atoms with Gasteiger partial charge in [-0.2, -0.15) is 4.98 Å². The van der Waals surface area contributed by atoms with Crippen molar-refractivity contribution in [2.45, 2.75) is 12.8 Å². The number of hydrogen-bond donors (Lipinski definition) is 4. The van der Waals surface area contributed by atoms with E-state index in [1.807, 2.05) is 12.1 Å². The third-order valence-corrected chi connectivity index (χ3v) is 4.86. The summed E-state index contributed by atoms with van der Waals surface area (Å²) < 4.78 is 17.0. The van der Waals surface area contributed by atoms with Crippen molar-refractivity contribution in [2.24, 2.45) is 0 Å². The van der Waals surface area contributed by atoms with Crippen molar-refractivity contribution >= 4 is 23.4 Å². The molecule has 174 valence electrons. The molecule has 0 bridgehead atoms. The van der Waals surface area contributed by atoms with Gasteiger partial charge in [-0.05, 0) is 48.4 Å². The fraction of sp³-hybridized carbons (Fsp3) is 0.261. The first kappa shape index (κ1) is 23.5. The Kier molecular flexibility index (Phi) is 7.74. The van der Waals surface area contributed by atoms with Gasteiger partial charge in [0.2, 0.25) is 11.7 Å². The summed E-state index contributed by atoms with van der Waals surface area (Å²) in [7, 11) is 3.13. The third-order valence-electron chi connectivity index (χ3n) is 4.86. The summed E-state index contributed by atoms with van der Waals surface area (Å²) in [5, 5.41) is 12.2. The Morgan fingerprint density at radius 2 is 1.76 bits per heavy atom. The molecule has 3 rings (SSSR count). The SMILES string of the molecule is COc1cc(Cc2cnc(N)nc2N)cc(OC)c1OCCCNc1ccc(C(=O)O)cc1. The van der Waals surface area contributed by atoms with Gasteiger partial charge in [0.1, 0.15) is 5.82 Å². The highest BCUT2D eigenvalue weighted by Crippen LogP contribution is 2.39. The maximum atomic E-state index is 10.9. The predicted molar refractivity (Wildman–Crippen MR) is 125 cm³/mol. The second-order valence-corrected chi connectivity index (χ2v) is 7.16. The van der Waals surface area contributed by atoms with E-state index < -0.39 is 5.97 Å². The minimum atomic E-state index is -0.950. The lowest BCUT2D eigenvalue weighted by Crippen LogP contribution is -2.09. The van der Waals surface area contributed by atoms with Gasteiger partial charge in [-0.3, -0.25) is 0 Å². The van der Waals surface area contributed by atoms with E-state index in [0.29, 0.717) is 49.1 Å².